The van der Waals surface area contributed by atoms with E-state index in [1.54, 1.807) is 0 Å². The zero-order valence-corrected chi connectivity index (χ0v) is 12.5. The van der Waals surface area contributed by atoms with Crippen molar-refractivity contribution in [2.24, 2.45) is 0 Å². The van der Waals surface area contributed by atoms with Crippen molar-refractivity contribution in [3.8, 4) is 0 Å². The summed E-state index contributed by atoms with van der Waals surface area (Å²) >= 11 is 6.80. The van der Waals surface area contributed by atoms with Crippen molar-refractivity contribution in [3.63, 3.8) is 0 Å². The molecule has 0 unspecified atom stereocenters. The second-order valence-electron chi connectivity index (χ2n) is 3.88. The molecule has 1 amide bonds. The Hall–Kier alpha value is -0.390. The van der Waals surface area contributed by atoms with Crippen molar-refractivity contribution in [1.29, 1.82) is 0 Å². The van der Waals surface area contributed by atoms with E-state index in [1.165, 1.54) is 0 Å². The van der Waals surface area contributed by atoms with Crippen LogP contribution in [0.15, 0.2) is 27.1 Å². The molecule has 2 rings (SSSR count). The number of carbonyl (C=O) groups excluding carboxylic acids is 1. The predicted molar refractivity (Wildman–Crippen MR) is 73.2 cm³/mol. The molecule has 92 valence electrons. The SMILES string of the molecule is O=C(c1ccc(Br)cc1Br)N1CCCOCC1. The standard InChI is InChI=1S/C12H13Br2NO2/c13-9-2-3-10(11(14)8-9)12(16)15-4-1-6-17-7-5-15/h2-3,8H,1,4-7H2. The van der Waals surface area contributed by atoms with E-state index in [1.807, 2.05) is 23.1 Å². The molecule has 1 aliphatic heterocycles. The monoisotopic (exact) mass is 361 g/mol. The van der Waals surface area contributed by atoms with Crippen molar-refractivity contribution in [2.45, 2.75) is 6.42 Å². The van der Waals surface area contributed by atoms with Gasteiger partial charge in [-0.25, -0.2) is 0 Å². The Morgan fingerprint density at radius 3 is 2.82 bits per heavy atom. The summed E-state index contributed by atoms with van der Waals surface area (Å²) < 4.78 is 7.13. The van der Waals surface area contributed by atoms with Crippen LogP contribution in [0, 0.1) is 0 Å². The molecule has 1 aromatic rings. The molecule has 0 aromatic heterocycles. The topological polar surface area (TPSA) is 29.5 Å². The van der Waals surface area contributed by atoms with Gasteiger partial charge >= 0.3 is 0 Å². The highest BCUT2D eigenvalue weighted by Crippen LogP contribution is 2.23. The van der Waals surface area contributed by atoms with E-state index in [9.17, 15) is 4.79 Å². The Labute approximate surface area is 117 Å². The van der Waals surface area contributed by atoms with Gasteiger partial charge in [0.05, 0.1) is 12.2 Å². The maximum atomic E-state index is 12.3. The molecule has 0 spiro atoms. The number of hydrogen-bond acceptors (Lipinski definition) is 2. The quantitative estimate of drug-likeness (QED) is 0.768. The smallest absolute Gasteiger partial charge is 0.255 e. The molecule has 0 aliphatic carbocycles. The first-order chi connectivity index (χ1) is 8.18. The Morgan fingerprint density at radius 1 is 1.24 bits per heavy atom. The predicted octanol–water partition coefficient (Wildman–Crippen LogP) is 3.07. The summed E-state index contributed by atoms with van der Waals surface area (Å²) in [6.07, 6.45) is 0.903. The molecule has 5 heteroatoms. The highest BCUT2D eigenvalue weighted by molar-refractivity contribution is 9.11. The lowest BCUT2D eigenvalue weighted by atomic mass is 10.2. The number of ether oxygens (including phenoxy) is 1. The lowest BCUT2D eigenvalue weighted by Crippen LogP contribution is -2.33. The van der Waals surface area contributed by atoms with Gasteiger partial charge in [-0.2, -0.15) is 0 Å². The van der Waals surface area contributed by atoms with Crippen molar-refractivity contribution < 1.29 is 9.53 Å². The van der Waals surface area contributed by atoms with E-state index in [0.717, 1.165) is 28.5 Å². The first-order valence-electron chi connectivity index (χ1n) is 5.50. The van der Waals surface area contributed by atoms with Crippen LogP contribution in [0.3, 0.4) is 0 Å². The van der Waals surface area contributed by atoms with Crippen LogP contribution in [0.5, 0.6) is 0 Å². The van der Waals surface area contributed by atoms with E-state index in [0.29, 0.717) is 18.7 Å². The van der Waals surface area contributed by atoms with Gasteiger partial charge in [-0.05, 0) is 40.5 Å². The summed E-state index contributed by atoms with van der Waals surface area (Å²) in [6, 6.07) is 5.61. The molecule has 0 saturated carbocycles. The van der Waals surface area contributed by atoms with E-state index < -0.39 is 0 Å². The zero-order valence-electron chi connectivity index (χ0n) is 9.29. The average molecular weight is 363 g/mol. The van der Waals surface area contributed by atoms with Gasteiger partial charge in [-0.3, -0.25) is 4.79 Å². The van der Waals surface area contributed by atoms with Gasteiger partial charge in [0.15, 0.2) is 0 Å². The number of nitrogens with zero attached hydrogens (tertiary/aromatic N) is 1. The molecular formula is C12H13Br2NO2. The first-order valence-corrected chi connectivity index (χ1v) is 7.09. The minimum Gasteiger partial charge on any atom is -0.380 e. The first kappa shape index (κ1) is 13.1. The molecular weight excluding hydrogens is 350 g/mol. The van der Waals surface area contributed by atoms with Crippen LogP contribution in [0.4, 0.5) is 0 Å². The summed E-state index contributed by atoms with van der Waals surface area (Å²) in [4.78, 5) is 14.2. The highest BCUT2D eigenvalue weighted by atomic mass is 79.9. The van der Waals surface area contributed by atoms with Gasteiger partial charge in [0.25, 0.3) is 5.91 Å². The van der Waals surface area contributed by atoms with Crippen molar-refractivity contribution in [2.75, 3.05) is 26.3 Å². The second-order valence-corrected chi connectivity index (χ2v) is 5.65. The Kier molecular flexibility index (Phi) is 4.59. The van der Waals surface area contributed by atoms with E-state index in [4.69, 9.17) is 4.74 Å². The number of rotatable bonds is 1. The lowest BCUT2D eigenvalue weighted by molar-refractivity contribution is 0.0740. The van der Waals surface area contributed by atoms with Gasteiger partial charge in [0.2, 0.25) is 0 Å². The average Bonchev–Trinajstić information content (AvgIpc) is 2.56. The van der Waals surface area contributed by atoms with Crippen molar-refractivity contribution in [3.05, 3.63) is 32.7 Å². The van der Waals surface area contributed by atoms with Crippen LogP contribution in [0.1, 0.15) is 16.8 Å². The largest absolute Gasteiger partial charge is 0.380 e. The minimum atomic E-state index is 0.0647. The van der Waals surface area contributed by atoms with Crippen LogP contribution in [-0.2, 0) is 4.74 Å². The molecule has 17 heavy (non-hydrogen) atoms. The Morgan fingerprint density at radius 2 is 2.06 bits per heavy atom. The summed E-state index contributed by atoms with van der Waals surface area (Å²) in [5.74, 6) is 0.0647. The van der Waals surface area contributed by atoms with E-state index >= 15 is 0 Å². The fraction of sp³-hybridized carbons (Fsp3) is 0.417. The number of hydrogen-bond donors (Lipinski definition) is 0. The number of amides is 1. The molecule has 1 fully saturated rings. The molecule has 0 radical (unpaired) electrons. The molecule has 1 aliphatic rings. The summed E-state index contributed by atoms with van der Waals surface area (Å²) in [5.41, 5.74) is 0.704. The third-order valence-electron chi connectivity index (χ3n) is 2.67. The van der Waals surface area contributed by atoms with Crippen molar-refractivity contribution >= 4 is 37.8 Å². The number of benzene rings is 1. The van der Waals surface area contributed by atoms with Gasteiger partial charge in [0.1, 0.15) is 0 Å². The zero-order chi connectivity index (χ0) is 12.3. The van der Waals surface area contributed by atoms with E-state index in [2.05, 4.69) is 31.9 Å². The van der Waals surface area contributed by atoms with Gasteiger partial charge < -0.3 is 9.64 Å². The van der Waals surface area contributed by atoms with Crippen LogP contribution >= 0.6 is 31.9 Å². The normalized spacial score (nSPS) is 16.7. The molecule has 3 nitrogen and oxygen atoms in total. The van der Waals surface area contributed by atoms with Crippen molar-refractivity contribution in [1.82, 2.24) is 4.90 Å². The number of carbonyl (C=O) groups is 1. The Bertz CT molecular complexity index is 415. The molecule has 1 saturated heterocycles. The summed E-state index contributed by atoms with van der Waals surface area (Å²) in [5, 5.41) is 0. The minimum absolute atomic E-state index is 0.0647. The number of halogens is 2. The van der Waals surface area contributed by atoms with Gasteiger partial charge in [-0.1, -0.05) is 15.9 Å². The van der Waals surface area contributed by atoms with E-state index in [-0.39, 0.29) is 5.91 Å². The second kappa shape index (κ2) is 5.98. The lowest BCUT2D eigenvalue weighted by Gasteiger charge is -2.20. The molecule has 1 heterocycles. The summed E-state index contributed by atoms with van der Waals surface area (Å²) in [7, 11) is 0. The maximum Gasteiger partial charge on any atom is 0.255 e. The fourth-order valence-corrected chi connectivity index (χ4v) is 3.00. The Balaban J connectivity index is 2.17. The van der Waals surface area contributed by atoms with Crippen LogP contribution in [0.2, 0.25) is 0 Å². The highest BCUT2D eigenvalue weighted by Gasteiger charge is 2.19. The van der Waals surface area contributed by atoms with Gasteiger partial charge in [-0.15, -0.1) is 0 Å². The third-order valence-corrected chi connectivity index (χ3v) is 3.82. The molecule has 0 atom stereocenters. The van der Waals surface area contributed by atoms with Crippen LogP contribution in [-0.4, -0.2) is 37.1 Å². The van der Waals surface area contributed by atoms with Crippen LogP contribution < -0.4 is 0 Å². The maximum absolute atomic E-state index is 12.3. The molecule has 0 bridgehead atoms. The summed E-state index contributed by atoms with van der Waals surface area (Å²) in [6.45, 7) is 2.80. The third kappa shape index (κ3) is 3.30. The molecule has 0 N–H and O–H groups in total. The molecule has 1 aromatic carbocycles. The fourth-order valence-electron chi connectivity index (χ4n) is 1.78. The van der Waals surface area contributed by atoms with Crippen LogP contribution in [0.25, 0.3) is 0 Å². The van der Waals surface area contributed by atoms with Gasteiger partial charge in [0, 0.05) is 28.6 Å².